The lowest BCUT2D eigenvalue weighted by molar-refractivity contribution is -0.120. The van der Waals surface area contributed by atoms with Gasteiger partial charge >= 0.3 is 0 Å². The van der Waals surface area contributed by atoms with Gasteiger partial charge in [0.2, 0.25) is 5.91 Å². The summed E-state index contributed by atoms with van der Waals surface area (Å²) in [6.45, 7) is 2.08. The van der Waals surface area contributed by atoms with E-state index >= 15 is 0 Å². The summed E-state index contributed by atoms with van der Waals surface area (Å²) in [5.41, 5.74) is 5.11. The molecule has 0 aliphatic heterocycles. The van der Waals surface area contributed by atoms with Crippen molar-refractivity contribution < 1.29 is 4.79 Å². The zero-order chi connectivity index (χ0) is 7.28. The van der Waals surface area contributed by atoms with Crippen LogP contribution in [0.25, 0.3) is 0 Å². The first-order valence-corrected chi connectivity index (χ1v) is 3.12. The molecule has 0 unspecified atom stereocenters. The van der Waals surface area contributed by atoms with Crippen LogP contribution >= 0.6 is 12.2 Å². The van der Waals surface area contributed by atoms with Gasteiger partial charge in [0.05, 0.1) is 11.5 Å². The number of nitrogens with two attached hydrogens (primary N) is 1. The molecule has 0 heterocycles. The molecule has 1 amide bonds. The van der Waals surface area contributed by atoms with Crippen LogP contribution in [0.15, 0.2) is 0 Å². The Labute approximate surface area is 59.6 Å². The lowest BCUT2D eigenvalue weighted by atomic mass is 10.4. The average molecular weight is 146 g/mol. The molecule has 0 aliphatic rings. The number of thiocarbonyl (C=S) groups is 1. The van der Waals surface area contributed by atoms with E-state index in [1.54, 1.807) is 6.92 Å². The second-order valence-electron chi connectivity index (χ2n) is 1.60. The topological polar surface area (TPSA) is 55.1 Å². The minimum atomic E-state index is -0.0252. The van der Waals surface area contributed by atoms with Crippen LogP contribution in [0.5, 0.6) is 0 Å². The number of rotatable bonds is 3. The summed E-state index contributed by atoms with van der Waals surface area (Å²) in [6, 6.07) is 0. The van der Waals surface area contributed by atoms with Gasteiger partial charge in [0, 0.05) is 6.42 Å². The third kappa shape index (κ3) is 5.23. The molecule has 9 heavy (non-hydrogen) atoms. The predicted octanol–water partition coefficient (Wildman–Crippen LogP) is -0.201. The molecule has 0 rings (SSSR count). The van der Waals surface area contributed by atoms with Crippen LogP contribution < -0.4 is 11.1 Å². The fourth-order valence-electron chi connectivity index (χ4n) is 0.311. The van der Waals surface area contributed by atoms with Crippen molar-refractivity contribution in [2.75, 3.05) is 6.54 Å². The monoisotopic (exact) mass is 146 g/mol. The number of carbonyl (C=O) groups is 1. The lowest BCUT2D eigenvalue weighted by Crippen LogP contribution is -2.31. The maximum absolute atomic E-state index is 10.5. The highest BCUT2D eigenvalue weighted by atomic mass is 32.1. The summed E-state index contributed by atoms with van der Waals surface area (Å²) in [5, 5.41) is 2.53. The molecule has 0 aliphatic carbocycles. The minimum absolute atomic E-state index is 0.0252. The molecule has 0 aromatic carbocycles. The van der Waals surface area contributed by atoms with Gasteiger partial charge in [-0.2, -0.15) is 0 Å². The van der Waals surface area contributed by atoms with Crippen molar-refractivity contribution in [2.45, 2.75) is 13.3 Å². The van der Waals surface area contributed by atoms with E-state index in [0.717, 1.165) is 0 Å². The van der Waals surface area contributed by atoms with Crippen LogP contribution in [0.1, 0.15) is 13.3 Å². The van der Waals surface area contributed by atoms with Gasteiger partial charge in [0.25, 0.3) is 0 Å². The van der Waals surface area contributed by atoms with Crippen LogP contribution in [-0.4, -0.2) is 17.4 Å². The van der Waals surface area contributed by atoms with Crippen molar-refractivity contribution in [3.63, 3.8) is 0 Å². The SMILES string of the molecule is CCC(=O)NCC(N)=S. The normalized spacial score (nSPS) is 8.56. The summed E-state index contributed by atoms with van der Waals surface area (Å²) < 4.78 is 0. The molecule has 0 saturated carbocycles. The molecule has 0 aromatic rings. The van der Waals surface area contributed by atoms with Crippen molar-refractivity contribution in [1.29, 1.82) is 0 Å². The van der Waals surface area contributed by atoms with Gasteiger partial charge in [0.15, 0.2) is 0 Å². The second-order valence-corrected chi connectivity index (χ2v) is 2.12. The Balaban J connectivity index is 3.28. The highest BCUT2D eigenvalue weighted by Crippen LogP contribution is 1.72. The van der Waals surface area contributed by atoms with Gasteiger partial charge in [-0.05, 0) is 0 Å². The molecule has 3 N–H and O–H groups in total. The fraction of sp³-hybridized carbons (Fsp3) is 0.600. The zero-order valence-corrected chi connectivity index (χ0v) is 6.12. The summed E-state index contributed by atoms with van der Waals surface area (Å²) in [6.07, 6.45) is 0.475. The summed E-state index contributed by atoms with van der Waals surface area (Å²) in [7, 11) is 0. The summed E-state index contributed by atoms with van der Waals surface area (Å²) >= 11 is 4.52. The largest absolute Gasteiger partial charge is 0.392 e. The number of hydrogen-bond acceptors (Lipinski definition) is 2. The van der Waals surface area contributed by atoms with E-state index in [-0.39, 0.29) is 5.91 Å². The Morgan fingerprint density at radius 2 is 2.33 bits per heavy atom. The van der Waals surface area contributed by atoms with Crippen LogP contribution in [0.3, 0.4) is 0 Å². The van der Waals surface area contributed by atoms with Crippen LogP contribution in [0.2, 0.25) is 0 Å². The first-order chi connectivity index (χ1) is 4.16. The number of hydrogen-bond donors (Lipinski definition) is 2. The first-order valence-electron chi connectivity index (χ1n) is 2.71. The quantitative estimate of drug-likeness (QED) is 0.542. The van der Waals surface area contributed by atoms with E-state index in [9.17, 15) is 4.79 Å². The molecule has 4 heteroatoms. The van der Waals surface area contributed by atoms with Crippen molar-refractivity contribution in [3.8, 4) is 0 Å². The van der Waals surface area contributed by atoms with E-state index in [4.69, 9.17) is 5.73 Å². The molecule has 52 valence electrons. The first kappa shape index (κ1) is 8.36. The predicted molar refractivity (Wildman–Crippen MR) is 40.1 cm³/mol. The molecule has 0 bridgehead atoms. The van der Waals surface area contributed by atoms with Crippen molar-refractivity contribution >= 4 is 23.1 Å². The molecular formula is C5H10N2OS. The molecule has 0 fully saturated rings. The third-order valence-corrected chi connectivity index (χ3v) is 0.925. The number of carbonyl (C=O) groups excluding carboxylic acids is 1. The van der Waals surface area contributed by atoms with Crippen LogP contribution in [-0.2, 0) is 4.79 Å². The maximum atomic E-state index is 10.5. The van der Waals surface area contributed by atoms with Gasteiger partial charge < -0.3 is 11.1 Å². The summed E-state index contributed by atoms with van der Waals surface area (Å²) in [5.74, 6) is -0.0252. The van der Waals surface area contributed by atoms with Gasteiger partial charge in [-0.25, -0.2) is 0 Å². The molecular weight excluding hydrogens is 136 g/mol. The highest BCUT2D eigenvalue weighted by Gasteiger charge is 1.94. The standard InChI is InChI=1S/C5H10N2OS/c1-2-5(8)7-3-4(6)9/h2-3H2,1H3,(H2,6,9)(H,7,8). The second kappa shape index (κ2) is 4.26. The van der Waals surface area contributed by atoms with Crippen molar-refractivity contribution in [1.82, 2.24) is 5.32 Å². The molecule has 0 saturated heterocycles. The Morgan fingerprint density at radius 3 is 2.67 bits per heavy atom. The van der Waals surface area contributed by atoms with Crippen LogP contribution in [0.4, 0.5) is 0 Å². The van der Waals surface area contributed by atoms with E-state index in [0.29, 0.717) is 18.0 Å². The molecule has 3 nitrogen and oxygen atoms in total. The van der Waals surface area contributed by atoms with Gasteiger partial charge in [-0.1, -0.05) is 19.1 Å². The number of nitrogens with one attached hydrogen (secondary N) is 1. The fourth-order valence-corrected chi connectivity index (χ4v) is 0.383. The molecule has 0 radical (unpaired) electrons. The van der Waals surface area contributed by atoms with Gasteiger partial charge in [0.1, 0.15) is 0 Å². The average Bonchev–Trinajstić information content (AvgIpc) is 1.83. The molecule has 0 spiro atoms. The van der Waals surface area contributed by atoms with Crippen molar-refractivity contribution in [2.24, 2.45) is 5.73 Å². The Bertz CT molecular complexity index is 124. The van der Waals surface area contributed by atoms with E-state index < -0.39 is 0 Å². The minimum Gasteiger partial charge on any atom is -0.392 e. The van der Waals surface area contributed by atoms with Gasteiger partial charge in [-0.15, -0.1) is 0 Å². The lowest BCUT2D eigenvalue weighted by Gasteiger charge is -1.98. The molecule has 0 atom stereocenters. The molecule has 0 aromatic heterocycles. The third-order valence-electron chi connectivity index (χ3n) is 0.781. The van der Waals surface area contributed by atoms with Crippen molar-refractivity contribution in [3.05, 3.63) is 0 Å². The van der Waals surface area contributed by atoms with E-state index in [1.165, 1.54) is 0 Å². The Morgan fingerprint density at radius 1 is 1.78 bits per heavy atom. The summed E-state index contributed by atoms with van der Waals surface area (Å²) in [4.78, 5) is 10.8. The van der Waals surface area contributed by atoms with E-state index in [2.05, 4.69) is 17.5 Å². The smallest absolute Gasteiger partial charge is 0.220 e. The highest BCUT2D eigenvalue weighted by molar-refractivity contribution is 7.80. The van der Waals surface area contributed by atoms with Gasteiger partial charge in [-0.3, -0.25) is 4.79 Å². The Hall–Kier alpha value is -0.640. The number of amides is 1. The van der Waals surface area contributed by atoms with E-state index in [1.807, 2.05) is 0 Å². The zero-order valence-electron chi connectivity index (χ0n) is 5.31. The Kier molecular flexibility index (Phi) is 3.96. The maximum Gasteiger partial charge on any atom is 0.220 e. The van der Waals surface area contributed by atoms with Crippen LogP contribution in [0, 0.1) is 0 Å².